The Morgan fingerprint density at radius 2 is 2.23 bits per heavy atom. The molecule has 0 aliphatic carbocycles. The van der Waals surface area contributed by atoms with Gasteiger partial charge in [-0.25, -0.2) is 10.9 Å². The number of nitrogens with zero attached hydrogens (tertiary/aromatic N) is 2. The molecule has 8 heteroatoms. The van der Waals surface area contributed by atoms with Crippen LogP contribution in [0.25, 0.3) is 6.08 Å². The van der Waals surface area contributed by atoms with Gasteiger partial charge in [0, 0.05) is 0 Å². The third kappa shape index (κ3) is 3.57. The molecular formula is C14H13N3O3S2. The number of hydrogen-bond donors (Lipinski definition) is 1. The molecule has 0 spiro atoms. The monoisotopic (exact) mass is 335 g/mol. The van der Waals surface area contributed by atoms with Crippen LogP contribution in [0.1, 0.15) is 12.5 Å². The van der Waals surface area contributed by atoms with Crippen LogP contribution in [0.2, 0.25) is 0 Å². The largest absolute Gasteiger partial charge is 0.490 e. The average Bonchev–Trinajstić information content (AvgIpc) is 2.74. The summed E-state index contributed by atoms with van der Waals surface area (Å²) in [5.41, 5.74) is 0.752. The number of hydrogen-bond acceptors (Lipinski definition) is 7. The number of ether oxygens (including phenoxy) is 2. The topological polar surface area (TPSA) is 88.6 Å². The molecule has 1 aromatic rings. The van der Waals surface area contributed by atoms with E-state index in [1.54, 1.807) is 24.3 Å². The van der Waals surface area contributed by atoms with E-state index in [4.69, 9.17) is 32.8 Å². The van der Waals surface area contributed by atoms with Crippen molar-refractivity contribution in [2.45, 2.75) is 6.92 Å². The van der Waals surface area contributed by atoms with Crippen molar-refractivity contribution in [1.82, 2.24) is 5.01 Å². The van der Waals surface area contributed by atoms with Crippen LogP contribution in [-0.4, -0.2) is 28.5 Å². The van der Waals surface area contributed by atoms with E-state index in [1.807, 2.05) is 13.0 Å². The molecule has 0 saturated carbocycles. The van der Waals surface area contributed by atoms with Crippen molar-refractivity contribution in [3.63, 3.8) is 0 Å². The summed E-state index contributed by atoms with van der Waals surface area (Å²) < 4.78 is 11.1. The fourth-order valence-electron chi connectivity index (χ4n) is 1.74. The van der Waals surface area contributed by atoms with Gasteiger partial charge in [0.25, 0.3) is 5.91 Å². The lowest BCUT2D eigenvalue weighted by atomic mass is 10.2. The maximum absolute atomic E-state index is 11.9. The summed E-state index contributed by atoms with van der Waals surface area (Å²) in [4.78, 5) is 12.3. The zero-order valence-electron chi connectivity index (χ0n) is 11.7. The molecule has 0 atom stereocenters. The summed E-state index contributed by atoms with van der Waals surface area (Å²) in [6, 6.07) is 7.09. The molecule has 0 radical (unpaired) electrons. The zero-order valence-corrected chi connectivity index (χ0v) is 13.4. The van der Waals surface area contributed by atoms with E-state index in [0.29, 0.717) is 27.3 Å². The molecule has 0 bridgehead atoms. The Labute approximate surface area is 137 Å². The third-order valence-corrected chi connectivity index (χ3v) is 4.01. The van der Waals surface area contributed by atoms with E-state index in [2.05, 4.69) is 0 Å². The van der Waals surface area contributed by atoms with Crippen molar-refractivity contribution in [3.8, 4) is 17.6 Å². The Morgan fingerprint density at radius 1 is 1.45 bits per heavy atom. The highest BCUT2D eigenvalue weighted by molar-refractivity contribution is 8.26. The van der Waals surface area contributed by atoms with Gasteiger partial charge in [0.15, 0.2) is 22.4 Å². The van der Waals surface area contributed by atoms with Crippen molar-refractivity contribution >= 4 is 40.3 Å². The van der Waals surface area contributed by atoms with Gasteiger partial charge in [-0.3, -0.25) is 4.79 Å². The normalized spacial score (nSPS) is 16.0. The minimum Gasteiger partial charge on any atom is -0.490 e. The number of benzene rings is 1. The molecule has 1 heterocycles. The number of thiocarbonyl (C=S) groups is 1. The van der Waals surface area contributed by atoms with Gasteiger partial charge in [-0.2, -0.15) is 5.26 Å². The molecule has 0 unspecified atom stereocenters. The number of carbonyl (C=O) groups is 1. The predicted octanol–water partition coefficient (Wildman–Crippen LogP) is 2.06. The smallest absolute Gasteiger partial charge is 0.280 e. The molecule has 1 aliphatic rings. The van der Waals surface area contributed by atoms with Crippen LogP contribution in [0.15, 0.2) is 23.1 Å². The van der Waals surface area contributed by atoms with E-state index in [0.717, 1.165) is 22.3 Å². The zero-order chi connectivity index (χ0) is 16.1. The quantitative estimate of drug-likeness (QED) is 0.381. The molecule has 114 valence electrons. The van der Waals surface area contributed by atoms with E-state index < -0.39 is 0 Å². The van der Waals surface area contributed by atoms with Crippen LogP contribution >= 0.6 is 24.0 Å². The summed E-state index contributed by atoms with van der Waals surface area (Å²) >= 11 is 6.12. The fourth-order valence-corrected chi connectivity index (χ4v) is 2.85. The highest BCUT2D eigenvalue weighted by atomic mass is 32.2. The van der Waals surface area contributed by atoms with Crippen molar-refractivity contribution in [3.05, 3.63) is 28.7 Å². The maximum atomic E-state index is 11.9. The molecule has 0 aromatic heterocycles. The highest BCUT2D eigenvalue weighted by Gasteiger charge is 2.29. The van der Waals surface area contributed by atoms with Gasteiger partial charge in [0.2, 0.25) is 0 Å². The third-order valence-electron chi connectivity index (χ3n) is 2.68. The number of thioether (sulfide) groups is 1. The summed E-state index contributed by atoms with van der Waals surface area (Å²) in [6.45, 7) is 2.24. The molecule has 1 saturated heterocycles. The SMILES string of the molecule is CCOc1cc(/C=C2/SC(=S)N(N)C2=O)ccc1OCC#N. The standard InChI is InChI=1S/C14H13N3O3S2/c1-2-19-11-7-9(3-4-10(11)20-6-5-15)8-12-13(18)17(16)14(21)22-12/h3-4,7-8H,2,6,16H2,1H3/b12-8+. The Morgan fingerprint density at radius 3 is 2.82 bits per heavy atom. The molecular weight excluding hydrogens is 322 g/mol. The molecule has 1 aromatic carbocycles. The molecule has 6 nitrogen and oxygen atoms in total. The number of rotatable bonds is 5. The highest BCUT2D eigenvalue weighted by Crippen LogP contribution is 2.33. The van der Waals surface area contributed by atoms with Crippen LogP contribution < -0.4 is 15.3 Å². The number of carbonyl (C=O) groups excluding carboxylic acids is 1. The lowest BCUT2D eigenvalue weighted by Gasteiger charge is -2.10. The van der Waals surface area contributed by atoms with Crippen molar-refractivity contribution in [1.29, 1.82) is 5.26 Å². The fraction of sp³-hybridized carbons (Fsp3) is 0.214. The van der Waals surface area contributed by atoms with Crippen LogP contribution in [-0.2, 0) is 4.79 Å². The minimum atomic E-state index is -0.335. The van der Waals surface area contributed by atoms with Gasteiger partial charge in [-0.05, 0) is 30.7 Å². The van der Waals surface area contributed by atoms with Crippen LogP contribution in [0.3, 0.4) is 0 Å². The second-order valence-electron chi connectivity index (χ2n) is 4.14. The number of nitriles is 1. The molecule has 2 rings (SSSR count). The van der Waals surface area contributed by atoms with Crippen LogP contribution in [0.5, 0.6) is 11.5 Å². The van der Waals surface area contributed by atoms with Gasteiger partial charge in [0.05, 0.1) is 11.5 Å². The maximum Gasteiger partial charge on any atom is 0.280 e. The predicted molar refractivity (Wildman–Crippen MR) is 87.9 cm³/mol. The van der Waals surface area contributed by atoms with Crippen molar-refractivity contribution in [2.24, 2.45) is 5.84 Å². The van der Waals surface area contributed by atoms with E-state index >= 15 is 0 Å². The molecule has 1 fully saturated rings. The number of hydrazine groups is 1. The second kappa shape index (κ2) is 7.26. The van der Waals surface area contributed by atoms with E-state index in [9.17, 15) is 4.79 Å². The minimum absolute atomic E-state index is 0.0642. The molecule has 22 heavy (non-hydrogen) atoms. The summed E-state index contributed by atoms with van der Waals surface area (Å²) in [7, 11) is 0. The lowest BCUT2D eigenvalue weighted by Crippen LogP contribution is -2.34. The van der Waals surface area contributed by atoms with E-state index in [1.165, 1.54) is 0 Å². The summed E-state index contributed by atoms with van der Waals surface area (Å²) in [6.07, 6.45) is 1.68. The summed E-state index contributed by atoms with van der Waals surface area (Å²) in [5, 5.41) is 9.52. The Hall–Kier alpha value is -2.08. The first-order chi connectivity index (χ1) is 10.6. The van der Waals surface area contributed by atoms with Gasteiger partial charge < -0.3 is 9.47 Å². The number of amides is 1. The Balaban J connectivity index is 2.29. The van der Waals surface area contributed by atoms with Gasteiger partial charge in [0.1, 0.15) is 6.07 Å². The van der Waals surface area contributed by atoms with Crippen LogP contribution in [0.4, 0.5) is 0 Å². The molecule has 2 N–H and O–H groups in total. The van der Waals surface area contributed by atoms with Gasteiger partial charge >= 0.3 is 0 Å². The summed E-state index contributed by atoms with van der Waals surface area (Å²) in [5.74, 6) is 6.18. The Bertz CT molecular complexity index is 682. The van der Waals surface area contributed by atoms with Crippen molar-refractivity contribution < 1.29 is 14.3 Å². The first kappa shape index (κ1) is 16.3. The Kier molecular flexibility index (Phi) is 5.38. The van der Waals surface area contributed by atoms with Crippen molar-refractivity contribution in [2.75, 3.05) is 13.2 Å². The van der Waals surface area contributed by atoms with Gasteiger partial charge in [-0.15, -0.1) is 0 Å². The average molecular weight is 335 g/mol. The van der Waals surface area contributed by atoms with Crippen LogP contribution in [0, 0.1) is 11.3 Å². The lowest BCUT2D eigenvalue weighted by molar-refractivity contribution is -0.122. The van der Waals surface area contributed by atoms with E-state index in [-0.39, 0.29) is 12.5 Å². The number of nitrogens with two attached hydrogens (primary N) is 1. The second-order valence-corrected chi connectivity index (χ2v) is 5.81. The molecule has 1 amide bonds. The first-order valence-electron chi connectivity index (χ1n) is 6.36. The first-order valence-corrected chi connectivity index (χ1v) is 7.58. The van der Waals surface area contributed by atoms with Gasteiger partial charge in [-0.1, -0.05) is 30.0 Å². The molecule has 1 aliphatic heterocycles.